The lowest BCUT2D eigenvalue weighted by atomic mass is 9.97. The third-order valence-corrected chi connectivity index (χ3v) is 7.10. The summed E-state index contributed by atoms with van der Waals surface area (Å²) in [5.74, 6) is 1.51. The first-order chi connectivity index (χ1) is 14.6. The monoisotopic (exact) mass is 419 g/mol. The van der Waals surface area contributed by atoms with Gasteiger partial charge in [0.05, 0.1) is 12.0 Å². The van der Waals surface area contributed by atoms with Crippen LogP contribution in [0.5, 0.6) is 5.75 Å². The number of nitrogens with one attached hydrogen (secondary N) is 1. The van der Waals surface area contributed by atoms with Gasteiger partial charge in [-0.15, -0.1) is 11.3 Å². The molecule has 0 spiro atoms. The molecule has 0 aliphatic heterocycles. The zero-order chi connectivity index (χ0) is 20.8. The minimum Gasteiger partial charge on any atom is -0.494 e. The highest BCUT2D eigenvalue weighted by Gasteiger charge is 2.21. The molecule has 1 aliphatic rings. The lowest BCUT2D eigenvalue weighted by molar-refractivity contribution is 0.340. The summed E-state index contributed by atoms with van der Waals surface area (Å²) in [6.07, 6.45) is 4.42. The van der Waals surface area contributed by atoms with Crippen LogP contribution in [0.4, 0.5) is 0 Å². The number of benzene rings is 1. The molecule has 1 N–H and O–H groups in total. The Balaban J connectivity index is 1.60. The highest BCUT2D eigenvalue weighted by atomic mass is 32.1. The second-order valence-electron chi connectivity index (χ2n) is 7.85. The first-order valence-corrected chi connectivity index (χ1v) is 11.4. The average Bonchev–Trinajstić information content (AvgIpc) is 3.26. The number of H-pyrrole nitrogens is 1. The second kappa shape index (κ2) is 7.43. The Kier molecular flexibility index (Phi) is 4.74. The standard InChI is InChI=1S/C24H25N3O2S/c1-4-29-17-11-9-16(10-12-17)27-14(2)13-19(15(27)3)22-25-23(28)21-18-7-5-6-8-20(18)30-24(21)26-22/h9-13H,4-8H2,1-3H3,(H,25,26,28). The number of nitrogens with zero attached hydrogens (tertiary/aromatic N) is 2. The van der Waals surface area contributed by atoms with Gasteiger partial charge in [-0.3, -0.25) is 4.79 Å². The minimum absolute atomic E-state index is 0.0136. The van der Waals surface area contributed by atoms with Gasteiger partial charge in [0.15, 0.2) is 0 Å². The Bertz CT molecular complexity index is 1290. The van der Waals surface area contributed by atoms with Crippen LogP contribution in [0.3, 0.4) is 0 Å². The molecule has 0 radical (unpaired) electrons. The summed E-state index contributed by atoms with van der Waals surface area (Å²) in [7, 11) is 0. The molecule has 0 atom stereocenters. The number of fused-ring (bicyclic) bond motifs is 3. The smallest absolute Gasteiger partial charge is 0.260 e. The third kappa shape index (κ3) is 3.06. The first kappa shape index (κ1) is 19.1. The Hall–Kier alpha value is -2.86. The zero-order valence-electron chi connectivity index (χ0n) is 17.5. The van der Waals surface area contributed by atoms with Crippen molar-refractivity contribution in [1.82, 2.24) is 14.5 Å². The van der Waals surface area contributed by atoms with Crippen molar-refractivity contribution in [1.29, 1.82) is 0 Å². The number of aromatic nitrogens is 3. The van der Waals surface area contributed by atoms with Crippen LogP contribution in [0, 0.1) is 13.8 Å². The minimum atomic E-state index is -0.0136. The van der Waals surface area contributed by atoms with Crippen LogP contribution in [0.2, 0.25) is 0 Å². The molecule has 0 bridgehead atoms. The molecule has 154 valence electrons. The molecule has 0 fully saturated rings. The van der Waals surface area contributed by atoms with Crippen molar-refractivity contribution >= 4 is 21.6 Å². The van der Waals surface area contributed by atoms with E-state index in [9.17, 15) is 4.79 Å². The molecule has 0 saturated carbocycles. The van der Waals surface area contributed by atoms with E-state index in [4.69, 9.17) is 9.72 Å². The van der Waals surface area contributed by atoms with E-state index in [2.05, 4.69) is 41.6 Å². The van der Waals surface area contributed by atoms with Gasteiger partial charge < -0.3 is 14.3 Å². The predicted molar refractivity (Wildman–Crippen MR) is 122 cm³/mol. The highest BCUT2D eigenvalue weighted by molar-refractivity contribution is 7.18. The average molecular weight is 420 g/mol. The van der Waals surface area contributed by atoms with Gasteiger partial charge in [0, 0.05) is 27.5 Å². The van der Waals surface area contributed by atoms with Gasteiger partial charge in [-0.25, -0.2) is 4.98 Å². The number of rotatable bonds is 4. The van der Waals surface area contributed by atoms with Gasteiger partial charge in [0.1, 0.15) is 16.4 Å². The highest BCUT2D eigenvalue weighted by Crippen LogP contribution is 2.35. The first-order valence-electron chi connectivity index (χ1n) is 10.5. The molecule has 0 saturated heterocycles. The van der Waals surface area contributed by atoms with Gasteiger partial charge in [-0.1, -0.05) is 0 Å². The van der Waals surface area contributed by atoms with Gasteiger partial charge in [-0.2, -0.15) is 0 Å². The summed E-state index contributed by atoms with van der Waals surface area (Å²) in [4.78, 5) is 23.1. The number of hydrogen-bond donors (Lipinski definition) is 1. The summed E-state index contributed by atoms with van der Waals surface area (Å²) in [6.45, 7) is 6.78. The zero-order valence-corrected chi connectivity index (χ0v) is 18.4. The van der Waals surface area contributed by atoms with E-state index >= 15 is 0 Å². The maximum atomic E-state index is 13.0. The van der Waals surface area contributed by atoms with Crippen LogP contribution >= 0.6 is 11.3 Å². The topological polar surface area (TPSA) is 59.9 Å². The molecule has 0 unspecified atom stereocenters. The number of hydrogen-bond acceptors (Lipinski definition) is 4. The molecule has 30 heavy (non-hydrogen) atoms. The molecule has 5 nitrogen and oxygen atoms in total. The van der Waals surface area contributed by atoms with Crippen molar-refractivity contribution in [2.75, 3.05) is 6.61 Å². The van der Waals surface area contributed by atoms with Crippen molar-refractivity contribution < 1.29 is 4.74 Å². The molecule has 1 aromatic carbocycles. The Morgan fingerprint density at radius 2 is 1.93 bits per heavy atom. The summed E-state index contributed by atoms with van der Waals surface area (Å²) in [5.41, 5.74) is 5.39. The van der Waals surface area contributed by atoms with Gasteiger partial charge >= 0.3 is 0 Å². The second-order valence-corrected chi connectivity index (χ2v) is 8.94. The van der Waals surface area contributed by atoms with Crippen LogP contribution in [0.1, 0.15) is 41.6 Å². The van der Waals surface area contributed by atoms with Crippen molar-refractivity contribution in [3.63, 3.8) is 0 Å². The molecule has 6 heteroatoms. The van der Waals surface area contributed by atoms with E-state index in [1.165, 1.54) is 16.9 Å². The van der Waals surface area contributed by atoms with Crippen molar-refractivity contribution in [3.05, 3.63) is 62.5 Å². The molecule has 3 heterocycles. The fourth-order valence-electron chi connectivity index (χ4n) is 4.55. The number of aryl methyl sites for hydroxylation is 3. The van der Waals surface area contributed by atoms with Crippen LogP contribution in [0.25, 0.3) is 27.3 Å². The Morgan fingerprint density at radius 3 is 2.70 bits per heavy atom. The number of aromatic amines is 1. The van der Waals surface area contributed by atoms with Crippen molar-refractivity contribution in [2.24, 2.45) is 0 Å². The molecule has 5 rings (SSSR count). The van der Waals surface area contributed by atoms with Gasteiger partial charge in [-0.05, 0) is 82.3 Å². The van der Waals surface area contributed by atoms with Crippen LogP contribution in [-0.2, 0) is 12.8 Å². The fraction of sp³-hybridized carbons (Fsp3) is 0.333. The van der Waals surface area contributed by atoms with E-state index in [-0.39, 0.29) is 5.56 Å². The van der Waals surface area contributed by atoms with Gasteiger partial charge in [0.2, 0.25) is 0 Å². The van der Waals surface area contributed by atoms with E-state index in [1.54, 1.807) is 11.3 Å². The molecular formula is C24H25N3O2S. The van der Waals surface area contributed by atoms with E-state index in [1.807, 2.05) is 19.1 Å². The Labute approximate surface area is 179 Å². The lowest BCUT2D eigenvalue weighted by Crippen LogP contribution is -2.11. The quantitative estimate of drug-likeness (QED) is 0.486. The molecule has 1 aliphatic carbocycles. The van der Waals surface area contributed by atoms with Crippen LogP contribution in [0.15, 0.2) is 35.1 Å². The third-order valence-electron chi connectivity index (χ3n) is 5.92. The molecule has 0 amide bonds. The van der Waals surface area contributed by atoms with Crippen LogP contribution < -0.4 is 10.3 Å². The summed E-state index contributed by atoms with van der Waals surface area (Å²) < 4.78 is 7.75. The normalized spacial score (nSPS) is 13.6. The van der Waals surface area contributed by atoms with E-state index in [0.29, 0.717) is 12.4 Å². The van der Waals surface area contributed by atoms with Crippen molar-refractivity contribution in [2.45, 2.75) is 46.5 Å². The van der Waals surface area contributed by atoms with E-state index in [0.717, 1.165) is 57.9 Å². The summed E-state index contributed by atoms with van der Waals surface area (Å²) in [5, 5.41) is 0.804. The predicted octanol–water partition coefficient (Wildman–Crippen LogP) is 5.34. The SMILES string of the molecule is CCOc1ccc(-n2c(C)cc(-c3nc4sc5c(c4c(=O)[nH]3)CCCC5)c2C)cc1. The Morgan fingerprint density at radius 1 is 1.17 bits per heavy atom. The maximum Gasteiger partial charge on any atom is 0.260 e. The largest absolute Gasteiger partial charge is 0.494 e. The summed E-state index contributed by atoms with van der Waals surface area (Å²) in [6, 6.07) is 10.2. The number of ether oxygens (including phenoxy) is 1. The van der Waals surface area contributed by atoms with E-state index < -0.39 is 0 Å². The molecule has 4 aromatic rings. The fourth-order valence-corrected chi connectivity index (χ4v) is 5.81. The van der Waals surface area contributed by atoms with Crippen LogP contribution in [-0.4, -0.2) is 21.1 Å². The maximum absolute atomic E-state index is 13.0. The molecular weight excluding hydrogens is 394 g/mol. The lowest BCUT2D eigenvalue weighted by Gasteiger charge is -2.11. The van der Waals surface area contributed by atoms with Gasteiger partial charge in [0.25, 0.3) is 5.56 Å². The number of thiophene rings is 1. The summed E-state index contributed by atoms with van der Waals surface area (Å²) >= 11 is 1.69. The van der Waals surface area contributed by atoms with Crippen molar-refractivity contribution in [3.8, 4) is 22.8 Å². The molecule has 3 aromatic heterocycles.